The predicted octanol–water partition coefficient (Wildman–Crippen LogP) is -1.44. The molecule has 0 saturated carbocycles. The van der Waals surface area contributed by atoms with Gasteiger partial charge in [-0.25, -0.2) is 16.1 Å². The van der Waals surface area contributed by atoms with Gasteiger partial charge in [0, 0.05) is 0 Å². The van der Waals surface area contributed by atoms with Gasteiger partial charge >= 0.3 is 6.03 Å². The first-order chi connectivity index (χ1) is 6.47. The number of carbonyl (C=O) groups is 2. The quantitative estimate of drug-likeness (QED) is 0.219. The third-order valence-electron chi connectivity index (χ3n) is 1.49. The molecule has 7 N–H and O–H groups in total. The minimum atomic E-state index is -0.699. The highest BCUT2D eigenvalue weighted by Crippen LogP contribution is 2.01. The minimum absolute atomic E-state index is 0.319. The summed E-state index contributed by atoms with van der Waals surface area (Å²) in [6, 6.07) is -1.33. The Labute approximate surface area is 82.5 Å². The van der Waals surface area contributed by atoms with E-state index in [0.29, 0.717) is 12.3 Å². The number of nitrogens with one attached hydrogen (secondary N) is 3. The highest BCUT2D eigenvalue weighted by atomic mass is 16.2. The van der Waals surface area contributed by atoms with Crippen LogP contribution < -0.4 is 27.9 Å². The van der Waals surface area contributed by atoms with Gasteiger partial charge in [0.1, 0.15) is 0 Å². The van der Waals surface area contributed by atoms with Gasteiger partial charge in [0.25, 0.3) is 5.91 Å². The van der Waals surface area contributed by atoms with Gasteiger partial charge in [0.15, 0.2) is 0 Å². The second-order valence-electron chi connectivity index (χ2n) is 3.32. The lowest BCUT2D eigenvalue weighted by Crippen LogP contribution is -2.53. The molecule has 0 radical (unpaired) electrons. The fourth-order valence-corrected chi connectivity index (χ4v) is 0.862. The molecule has 0 saturated heterocycles. The average molecular weight is 203 g/mol. The SMILES string of the molecule is CC(C)C[C@H](N)C(=O)NNC(=O)NN. The van der Waals surface area contributed by atoms with Crippen molar-refractivity contribution in [2.75, 3.05) is 0 Å². The van der Waals surface area contributed by atoms with Gasteiger partial charge in [-0.3, -0.25) is 15.6 Å². The van der Waals surface area contributed by atoms with E-state index >= 15 is 0 Å². The molecule has 7 heteroatoms. The second-order valence-corrected chi connectivity index (χ2v) is 3.32. The molecule has 0 heterocycles. The normalized spacial score (nSPS) is 12.1. The summed E-state index contributed by atoms with van der Waals surface area (Å²) in [6.45, 7) is 3.90. The van der Waals surface area contributed by atoms with Gasteiger partial charge in [-0.15, -0.1) is 0 Å². The van der Waals surface area contributed by atoms with Crippen LogP contribution in [0.2, 0.25) is 0 Å². The number of amides is 3. The molecule has 0 unspecified atom stereocenters. The predicted molar refractivity (Wildman–Crippen MR) is 51.4 cm³/mol. The molecule has 82 valence electrons. The molecule has 14 heavy (non-hydrogen) atoms. The number of hydrogen-bond donors (Lipinski definition) is 5. The van der Waals surface area contributed by atoms with Crippen LogP contribution in [0.15, 0.2) is 0 Å². The zero-order chi connectivity index (χ0) is 11.1. The molecule has 0 rings (SSSR count). The van der Waals surface area contributed by atoms with Crippen LogP contribution in [0.5, 0.6) is 0 Å². The Hall–Kier alpha value is -1.34. The molecule has 0 aromatic heterocycles. The van der Waals surface area contributed by atoms with Gasteiger partial charge in [-0.1, -0.05) is 13.8 Å². The molecule has 3 amide bonds. The summed E-state index contributed by atoms with van der Waals surface area (Å²) in [5, 5.41) is 0. The van der Waals surface area contributed by atoms with Crippen molar-refractivity contribution in [3.05, 3.63) is 0 Å². The Bertz CT molecular complexity index is 206. The Kier molecular flexibility index (Phi) is 5.58. The van der Waals surface area contributed by atoms with Crippen molar-refractivity contribution < 1.29 is 9.59 Å². The van der Waals surface area contributed by atoms with E-state index in [1.165, 1.54) is 0 Å². The van der Waals surface area contributed by atoms with Crippen LogP contribution >= 0.6 is 0 Å². The van der Waals surface area contributed by atoms with Crippen molar-refractivity contribution in [3.8, 4) is 0 Å². The topological polar surface area (TPSA) is 122 Å². The number of carbonyl (C=O) groups excluding carboxylic acids is 2. The Morgan fingerprint density at radius 2 is 1.86 bits per heavy atom. The van der Waals surface area contributed by atoms with E-state index in [-0.39, 0.29) is 0 Å². The standard InChI is InChI=1S/C7H17N5O2/c1-4(2)3-5(8)6(13)11-12-7(14)10-9/h4-5H,3,8-9H2,1-2H3,(H,11,13)(H2,10,12,14)/t5-/m0/s1. The molecular formula is C7H17N5O2. The maximum absolute atomic E-state index is 11.2. The van der Waals surface area contributed by atoms with Crippen molar-refractivity contribution >= 4 is 11.9 Å². The molecule has 0 aliphatic rings. The number of urea groups is 1. The van der Waals surface area contributed by atoms with E-state index in [1.807, 2.05) is 19.3 Å². The average Bonchev–Trinajstić information content (AvgIpc) is 2.12. The van der Waals surface area contributed by atoms with Crippen LogP contribution in [0.25, 0.3) is 0 Å². The largest absolute Gasteiger partial charge is 0.347 e. The van der Waals surface area contributed by atoms with Crippen LogP contribution in [0.1, 0.15) is 20.3 Å². The molecule has 7 nitrogen and oxygen atoms in total. The first-order valence-electron chi connectivity index (χ1n) is 4.29. The first-order valence-corrected chi connectivity index (χ1v) is 4.29. The minimum Gasteiger partial charge on any atom is -0.320 e. The molecule has 0 aliphatic heterocycles. The van der Waals surface area contributed by atoms with Gasteiger partial charge < -0.3 is 5.73 Å². The molecule has 0 aromatic rings. The van der Waals surface area contributed by atoms with Crippen LogP contribution in [0, 0.1) is 5.92 Å². The highest BCUT2D eigenvalue weighted by molar-refractivity contribution is 5.84. The summed E-state index contributed by atoms with van der Waals surface area (Å²) < 4.78 is 0. The Morgan fingerprint density at radius 3 is 2.29 bits per heavy atom. The van der Waals surface area contributed by atoms with Gasteiger partial charge in [0.2, 0.25) is 0 Å². The smallest absolute Gasteiger partial charge is 0.320 e. The van der Waals surface area contributed by atoms with Gasteiger partial charge in [-0.05, 0) is 12.3 Å². The van der Waals surface area contributed by atoms with Crippen LogP contribution in [-0.4, -0.2) is 18.0 Å². The zero-order valence-corrected chi connectivity index (χ0v) is 8.33. The molecule has 0 spiro atoms. The van der Waals surface area contributed by atoms with E-state index < -0.39 is 18.0 Å². The number of hydrazine groups is 2. The lowest BCUT2D eigenvalue weighted by Gasteiger charge is -2.14. The van der Waals surface area contributed by atoms with E-state index in [2.05, 4.69) is 5.43 Å². The Morgan fingerprint density at radius 1 is 1.29 bits per heavy atom. The number of rotatable bonds is 3. The van der Waals surface area contributed by atoms with Gasteiger partial charge in [0.05, 0.1) is 6.04 Å². The highest BCUT2D eigenvalue weighted by Gasteiger charge is 2.14. The molecule has 1 atom stereocenters. The maximum Gasteiger partial charge on any atom is 0.347 e. The van der Waals surface area contributed by atoms with Crippen molar-refractivity contribution in [3.63, 3.8) is 0 Å². The molecule has 0 bridgehead atoms. The lowest BCUT2D eigenvalue weighted by molar-refractivity contribution is -0.123. The monoisotopic (exact) mass is 203 g/mol. The molecule has 0 aliphatic carbocycles. The third-order valence-corrected chi connectivity index (χ3v) is 1.49. The summed E-state index contributed by atoms with van der Waals surface area (Å²) in [4.78, 5) is 21.7. The van der Waals surface area contributed by atoms with Gasteiger partial charge in [-0.2, -0.15) is 0 Å². The van der Waals surface area contributed by atoms with Crippen molar-refractivity contribution in [1.29, 1.82) is 0 Å². The van der Waals surface area contributed by atoms with E-state index in [1.54, 1.807) is 5.43 Å². The van der Waals surface area contributed by atoms with Crippen LogP contribution in [0.4, 0.5) is 4.79 Å². The summed E-state index contributed by atoms with van der Waals surface area (Å²) in [5.74, 6) is 4.65. The second kappa shape index (κ2) is 6.17. The van der Waals surface area contributed by atoms with Crippen molar-refractivity contribution in [2.45, 2.75) is 26.3 Å². The lowest BCUT2D eigenvalue weighted by atomic mass is 10.0. The molecule has 0 fully saturated rings. The number of nitrogens with two attached hydrogens (primary N) is 2. The summed E-state index contributed by atoms with van der Waals surface area (Å²) >= 11 is 0. The fraction of sp³-hybridized carbons (Fsp3) is 0.714. The zero-order valence-electron chi connectivity index (χ0n) is 8.33. The van der Waals surface area contributed by atoms with Crippen molar-refractivity contribution in [2.24, 2.45) is 17.5 Å². The summed E-state index contributed by atoms with van der Waals surface area (Å²) in [7, 11) is 0. The maximum atomic E-state index is 11.2. The van der Waals surface area contributed by atoms with Crippen molar-refractivity contribution in [1.82, 2.24) is 16.3 Å². The Balaban J connectivity index is 3.78. The summed E-state index contributed by atoms with van der Waals surface area (Å²) in [5.41, 5.74) is 11.5. The molecule has 0 aromatic carbocycles. The summed E-state index contributed by atoms with van der Waals surface area (Å²) in [6.07, 6.45) is 0.553. The first kappa shape index (κ1) is 12.7. The fourth-order valence-electron chi connectivity index (χ4n) is 0.862. The number of hydrogen-bond acceptors (Lipinski definition) is 4. The van der Waals surface area contributed by atoms with E-state index in [4.69, 9.17) is 11.6 Å². The third kappa shape index (κ3) is 5.33. The van der Waals surface area contributed by atoms with Crippen LogP contribution in [0.3, 0.4) is 0 Å². The van der Waals surface area contributed by atoms with Crippen LogP contribution in [-0.2, 0) is 4.79 Å². The molecular weight excluding hydrogens is 186 g/mol. The van der Waals surface area contributed by atoms with E-state index in [9.17, 15) is 9.59 Å². The van der Waals surface area contributed by atoms with E-state index in [0.717, 1.165) is 0 Å².